The summed E-state index contributed by atoms with van der Waals surface area (Å²) in [6.07, 6.45) is 14.7. The molecule has 0 spiro atoms. The van der Waals surface area contributed by atoms with E-state index in [0.717, 1.165) is 146 Å². The quantitative estimate of drug-likeness (QED) is 0.133. The average Bonchev–Trinajstić information content (AvgIpc) is 1.53. The Bertz CT molecular complexity index is 4850. The Labute approximate surface area is 583 Å². The topological polar surface area (TPSA) is 144 Å². The second-order valence-electron chi connectivity index (χ2n) is 24.4. The molecule has 2 aliphatic heterocycles. The standard InChI is InChI=1S/2C40H26N7.2Pt/c2*1-46-25-47(38-34(46)18-9-22-43-38)40(33-17-5-3-13-29(33)31-15-8-21-42-37(31)40)27-11-6-10-26(24-27)39(35-19-23-44-45-35)32-16-4-2-12-28(32)30-14-7-20-41-36(30)39;;/h2*2-23,25H,1H3;;/q2*-3;;. The molecule has 0 bridgehead atoms. The van der Waals surface area contributed by atoms with E-state index < -0.39 is 21.9 Å². The van der Waals surface area contributed by atoms with E-state index in [-0.39, 0.29) is 42.1 Å². The Morgan fingerprint density at radius 1 is 0.323 bits per heavy atom. The van der Waals surface area contributed by atoms with Crippen LogP contribution in [0.4, 0.5) is 23.0 Å². The number of hydrogen-bond acceptors (Lipinski definition) is 12. The fraction of sp³-hybridized carbons (Fsp3) is 0.0750. The maximum Gasteiger partial charge on any atom is 0.122 e. The van der Waals surface area contributed by atoms with Crippen molar-refractivity contribution in [2.75, 3.05) is 33.7 Å². The van der Waals surface area contributed by atoms with Crippen LogP contribution in [0.5, 0.6) is 0 Å². The van der Waals surface area contributed by atoms with Crippen LogP contribution in [0, 0.1) is 25.5 Å². The Morgan fingerprint density at radius 3 is 1.04 bits per heavy atom. The number of aromatic nitrogens is 10. The van der Waals surface area contributed by atoms with Gasteiger partial charge in [-0.3, -0.25) is 19.9 Å². The first-order valence-electron chi connectivity index (χ1n) is 31.3. The third-order valence-corrected chi connectivity index (χ3v) is 20.0. The number of anilines is 4. The molecule has 0 N–H and O–H groups in total. The maximum absolute atomic E-state index is 5.15. The summed E-state index contributed by atoms with van der Waals surface area (Å²) >= 11 is 0. The summed E-state index contributed by atoms with van der Waals surface area (Å²) in [5.41, 5.74) is 21.2. The van der Waals surface area contributed by atoms with E-state index in [9.17, 15) is 0 Å². The summed E-state index contributed by atoms with van der Waals surface area (Å²) in [4.78, 5) is 39.1. The van der Waals surface area contributed by atoms with Crippen LogP contribution in [0.2, 0.25) is 0 Å². The molecule has 0 amide bonds. The molecule has 14 aromatic rings. The minimum atomic E-state index is -0.874. The fourth-order valence-electron chi connectivity index (χ4n) is 16.4. The van der Waals surface area contributed by atoms with Gasteiger partial charge >= 0.3 is 0 Å². The Kier molecular flexibility index (Phi) is 13.8. The minimum Gasteiger partial charge on any atom is -0.581 e. The van der Waals surface area contributed by atoms with Crippen LogP contribution in [0.3, 0.4) is 0 Å². The van der Waals surface area contributed by atoms with Crippen molar-refractivity contribution in [2.45, 2.75) is 21.9 Å². The van der Waals surface area contributed by atoms with Gasteiger partial charge in [-0.1, -0.05) is 133 Å². The molecular formula is C80H52N14Pt2-6. The number of pyridine rings is 6. The van der Waals surface area contributed by atoms with Crippen LogP contribution in [-0.2, 0) is 64.0 Å². The molecular weight excluding hydrogens is 1550 g/mol. The number of hydrogen-bond donors (Lipinski definition) is 0. The number of fused-ring (bicyclic) bond motifs is 14. The summed E-state index contributed by atoms with van der Waals surface area (Å²) in [7, 11) is 4.13. The molecule has 14 nitrogen and oxygen atoms in total. The first-order chi connectivity index (χ1) is 46.5. The maximum atomic E-state index is 5.15. The van der Waals surface area contributed by atoms with E-state index in [1.54, 1.807) is 12.4 Å². The molecule has 96 heavy (non-hydrogen) atoms. The van der Waals surface area contributed by atoms with Gasteiger partial charge in [-0.2, -0.15) is 74.3 Å². The summed E-state index contributed by atoms with van der Waals surface area (Å²) in [6.45, 7) is 4.28. The third kappa shape index (κ3) is 7.76. The molecule has 4 aliphatic carbocycles. The largest absolute Gasteiger partial charge is 0.581 e. The van der Waals surface area contributed by atoms with Crippen LogP contribution < -0.4 is 29.8 Å². The van der Waals surface area contributed by atoms with Gasteiger partial charge in [0, 0.05) is 124 Å². The SMILES string of the molecule is CN1[CH-]N(C2(c3[c-]c(C4(c5cc[n-]n5)c5ccccc5-c5cccnc54)ccc3)c3ccccc3-c3cccnc32)c2ncccc21.CN1[CH-]N(C2(c3[c-]c(C4(c5cc[n-]n5)c5ccccc5-c5cccnc54)ccc3)c3ccccc3-c3cccnc32)c2ncccc21.[Pt].[Pt]. The third-order valence-electron chi connectivity index (χ3n) is 20.0. The van der Waals surface area contributed by atoms with Crippen molar-refractivity contribution in [1.29, 1.82) is 0 Å². The molecule has 0 saturated heterocycles. The predicted octanol–water partition coefficient (Wildman–Crippen LogP) is 13.5. The second-order valence-corrected chi connectivity index (χ2v) is 24.4. The smallest absolute Gasteiger partial charge is 0.122 e. The summed E-state index contributed by atoms with van der Waals surface area (Å²) in [5.74, 6) is 1.72. The van der Waals surface area contributed by atoms with Crippen molar-refractivity contribution < 1.29 is 42.1 Å². The molecule has 20 rings (SSSR count). The van der Waals surface area contributed by atoms with Gasteiger partial charge in [0.15, 0.2) is 0 Å². The zero-order valence-corrected chi connectivity index (χ0v) is 56.0. The summed E-state index contributed by atoms with van der Waals surface area (Å²) < 4.78 is 0. The first kappa shape index (κ1) is 59.0. The van der Waals surface area contributed by atoms with Gasteiger partial charge in [0.05, 0.1) is 44.7 Å². The Balaban J connectivity index is 0.000000142. The van der Waals surface area contributed by atoms with Gasteiger partial charge in [-0.25, -0.2) is 9.97 Å². The van der Waals surface area contributed by atoms with Crippen LogP contribution in [-0.4, -0.2) is 54.2 Å². The van der Waals surface area contributed by atoms with Crippen LogP contribution >= 0.6 is 0 Å². The number of benzene rings is 6. The average molecular weight is 1600 g/mol. The predicted molar refractivity (Wildman–Crippen MR) is 361 cm³/mol. The van der Waals surface area contributed by atoms with Crippen molar-refractivity contribution in [3.8, 4) is 44.5 Å². The minimum absolute atomic E-state index is 0. The van der Waals surface area contributed by atoms with E-state index in [2.05, 4.69) is 239 Å². The van der Waals surface area contributed by atoms with E-state index in [0.29, 0.717) is 0 Å². The van der Waals surface area contributed by atoms with Gasteiger partial charge in [0.2, 0.25) is 0 Å². The van der Waals surface area contributed by atoms with Crippen LogP contribution in [0.15, 0.2) is 268 Å². The summed E-state index contributed by atoms with van der Waals surface area (Å²) in [6, 6.07) is 84.1. The normalized spacial score (nSPS) is 19.6. The molecule has 0 saturated carbocycles. The monoisotopic (exact) mass is 1600 g/mol. The molecule has 6 aliphatic rings. The number of rotatable bonds is 8. The number of nitrogens with zero attached hydrogens (tertiary/aromatic N) is 14. The van der Waals surface area contributed by atoms with Gasteiger partial charge < -0.3 is 40.0 Å². The zero-order chi connectivity index (χ0) is 62.3. The molecule has 468 valence electrons. The fourth-order valence-corrected chi connectivity index (χ4v) is 16.4. The zero-order valence-electron chi connectivity index (χ0n) is 51.5. The van der Waals surface area contributed by atoms with E-state index in [1.165, 1.54) is 0 Å². The molecule has 0 fully saturated rings. The molecule has 0 radical (unpaired) electrons. The van der Waals surface area contributed by atoms with Crippen molar-refractivity contribution >= 4 is 23.0 Å². The molecule has 10 heterocycles. The van der Waals surface area contributed by atoms with Gasteiger partial charge in [-0.15, -0.1) is 22.3 Å². The van der Waals surface area contributed by atoms with Gasteiger partial charge in [-0.05, 0) is 107 Å². The van der Waals surface area contributed by atoms with Crippen LogP contribution in [0.1, 0.15) is 78.7 Å². The summed E-state index contributed by atoms with van der Waals surface area (Å²) in [5, 5.41) is 18.1. The first-order valence-corrected chi connectivity index (χ1v) is 31.3. The Morgan fingerprint density at radius 2 is 0.646 bits per heavy atom. The van der Waals surface area contributed by atoms with Crippen LogP contribution in [0.25, 0.3) is 44.5 Å². The molecule has 4 atom stereocenters. The van der Waals surface area contributed by atoms with E-state index >= 15 is 0 Å². The van der Waals surface area contributed by atoms with Crippen molar-refractivity contribution in [2.24, 2.45) is 0 Å². The van der Waals surface area contributed by atoms with E-state index in [4.69, 9.17) is 40.1 Å². The van der Waals surface area contributed by atoms with Gasteiger partial charge in [0.25, 0.3) is 0 Å². The molecule has 4 unspecified atom stereocenters. The molecule has 6 aromatic carbocycles. The van der Waals surface area contributed by atoms with Crippen molar-refractivity contribution in [3.63, 3.8) is 0 Å². The second kappa shape index (κ2) is 22.4. The van der Waals surface area contributed by atoms with E-state index in [1.807, 2.05) is 85.7 Å². The van der Waals surface area contributed by atoms with Gasteiger partial charge in [0.1, 0.15) is 11.6 Å². The molecule has 16 heteroatoms. The molecule has 8 aromatic heterocycles. The van der Waals surface area contributed by atoms with Crippen molar-refractivity contribution in [3.05, 3.63) is 372 Å². The van der Waals surface area contributed by atoms with Crippen molar-refractivity contribution in [1.82, 2.24) is 50.3 Å². The Hall–Kier alpha value is -10.8.